The monoisotopic (exact) mass is 378 g/mol. The Morgan fingerprint density at radius 3 is 2.57 bits per heavy atom. The highest BCUT2D eigenvalue weighted by atomic mass is 19.1. The molecule has 0 N–H and O–H groups in total. The zero-order valence-electron chi connectivity index (χ0n) is 14.9. The fraction of sp³-hybridized carbons (Fsp3) is 0.100. The van der Waals surface area contributed by atoms with Crippen LogP contribution in [0.25, 0.3) is 17.0 Å². The molecule has 2 aromatic heterocycles. The molecule has 4 rings (SSSR count). The number of aromatic nitrogens is 4. The molecule has 0 unspecified atom stereocenters. The molecular formula is C20H15FN4O3. The van der Waals surface area contributed by atoms with Gasteiger partial charge in [0.2, 0.25) is 0 Å². The molecule has 0 spiro atoms. The highest BCUT2D eigenvalue weighted by Gasteiger charge is 2.16. The number of hydrogen-bond donors (Lipinski definition) is 0. The lowest BCUT2D eigenvalue weighted by atomic mass is 10.1. The van der Waals surface area contributed by atoms with Gasteiger partial charge >= 0.3 is 5.97 Å². The Balaban J connectivity index is 1.43. The van der Waals surface area contributed by atoms with E-state index in [1.165, 1.54) is 18.5 Å². The molecule has 0 radical (unpaired) electrons. The van der Waals surface area contributed by atoms with Crippen molar-refractivity contribution in [2.75, 3.05) is 0 Å². The van der Waals surface area contributed by atoms with Crippen LogP contribution in [-0.2, 0) is 11.3 Å². The molecule has 0 aliphatic heterocycles. The standard InChI is InChI=1S/C20H15FN4O3/c1-13-18(24-28-19(13)14-2-6-16(21)7-3-14)10-27-20(26)15-4-8-17(9-5-15)25-12-22-11-23-25/h2-9,11-12H,10H2,1H3. The summed E-state index contributed by atoms with van der Waals surface area (Å²) in [5, 5.41) is 7.99. The number of rotatable bonds is 5. The molecule has 0 saturated carbocycles. The molecule has 2 heterocycles. The van der Waals surface area contributed by atoms with Crippen LogP contribution in [-0.4, -0.2) is 25.9 Å². The Labute approximate surface area is 159 Å². The largest absolute Gasteiger partial charge is 0.455 e. The third-order valence-corrected chi connectivity index (χ3v) is 4.25. The van der Waals surface area contributed by atoms with Crippen LogP contribution in [0.5, 0.6) is 0 Å². The minimum absolute atomic E-state index is 0.0276. The van der Waals surface area contributed by atoms with Crippen LogP contribution < -0.4 is 0 Å². The maximum absolute atomic E-state index is 13.1. The normalized spacial score (nSPS) is 10.8. The van der Waals surface area contributed by atoms with E-state index in [-0.39, 0.29) is 12.4 Å². The maximum atomic E-state index is 13.1. The van der Waals surface area contributed by atoms with Crippen LogP contribution in [0.2, 0.25) is 0 Å². The summed E-state index contributed by atoms with van der Waals surface area (Å²) in [6.07, 6.45) is 3.00. The van der Waals surface area contributed by atoms with Gasteiger partial charge in [-0.2, -0.15) is 5.10 Å². The lowest BCUT2D eigenvalue weighted by Crippen LogP contribution is -2.06. The molecule has 0 fully saturated rings. The number of benzene rings is 2. The fourth-order valence-electron chi connectivity index (χ4n) is 2.68. The lowest BCUT2D eigenvalue weighted by molar-refractivity contribution is 0.0464. The molecule has 0 atom stereocenters. The predicted octanol–water partition coefficient (Wildman–Crippen LogP) is 3.73. The molecule has 2 aromatic carbocycles. The van der Waals surface area contributed by atoms with Gasteiger partial charge in [0.1, 0.15) is 30.8 Å². The smallest absolute Gasteiger partial charge is 0.338 e. The van der Waals surface area contributed by atoms with Gasteiger partial charge < -0.3 is 9.26 Å². The molecule has 0 saturated heterocycles. The first-order valence-electron chi connectivity index (χ1n) is 8.45. The van der Waals surface area contributed by atoms with E-state index in [1.807, 2.05) is 6.92 Å². The minimum Gasteiger partial charge on any atom is -0.455 e. The third-order valence-electron chi connectivity index (χ3n) is 4.25. The van der Waals surface area contributed by atoms with Gasteiger partial charge in [-0.1, -0.05) is 5.16 Å². The molecule has 8 heteroatoms. The average molecular weight is 378 g/mol. The molecule has 4 aromatic rings. The van der Waals surface area contributed by atoms with Crippen molar-refractivity contribution in [3.8, 4) is 17.0 Å². The van der Waals surface area contributed by atoms with E-state index in [0.717, 1.165) is 11.3 Å². The van der Waals surface area contributed by atoms with Gasteiger partial charge in [0.25, 0.3) is 0 Å². The van der Waals surface area contributed by atoms with Gasteiger partial charge in [-0.3, -0.25) is 0 Å². The van der Waals surface area contributed by atoms with E-state index < -0.39 is 5.97 Å². The summed E-state index contributed by atoms with van der Waals surface area (Å²) >= 11 is 0. The number of carbonyl (C=O) groups is 1. The number of ether oxygens (including phenoxy) is 1. The van der Waals surface area contributed by atoms with Gasteiger partial charge in [0.05, 0.1) is 11.3 Å². The van der Waals surface area contributed by atoms with E-state index in [1.54, 1.807) is 47.4 Å². The van der Waals surface area contributed by atoms with Crippen LogP contribution >= 0.6 is 0 Å². The van der Waals surface area contributed by atoms with Crippen molar-refractivity contribution in [1.82, 2.24) is 19.9 Å². The summed E-state index contributed by atoms with van der Waals surface area (Å²) in [6, 6.07) is 12.7. The van der Waals surface area contributed by atoms with Crippen LogP contribution in [0, 0.1) is 12.7 Å². The van der Waals surface area contributed by atoms with Crippen LogP contribution in [0.3, 0.4) is 0 Å². The molecule has 140 valence electrons. The molecule has 0 bridgehead atoms. The Morgan fingerprint density at radius 2 is 1.89 bits per heavy atom. The first-order valence-corrected chi connectivity index (χ1v) is 8.45. The number of esters is 1. The lowest BCUT2D eigenvalue weighted by Gasteiger charge is -2.05. The molecular weight excluding hydrogens is 363 g/mol. The van der Waals surface area contributed by atoms with Gasteiger partial charge in [0, 0.05) is 11.1 Å². The fourth-order valence-corrected chi connectivity index (χ4v) is 2.68. The summed E-state index contributed by atoms with van der Waals surface area (Å²) < 4.78 is 25.3. The van der Waals surface area contributed by atoms with E-state index in [0.29, 0.717) is 22.6 Å². The number of nitrogens with zero attached hydrogens (tertiary/aromatic N) is 4. The van der Waals surface area contributed by atoms with E-state index in [4.69, 9.17) is 9.26 Å². The van der Waals surface area contributed by atoms with Crippen LogP contribution in [0.15, 0.2) is 65.7 Å². The van der Waals surface area contributed by atoms with Gasteiger partial charge in [0.15, 0.2) is 5.76 Å². The second-order valence-corrected chi connectivity index (χ2v) is 6.05. The van der Waals surface area contributed by atoms with Crippen LogP contribution in [0.4, 0.5) is 4.39 Å². The number of halogens is 1. The minimum atomic E-state index is -0.476. The Morgan fingerprint density at radius 1 is 1.14 bits per heavy atom. The highest BCUT2D eigenvalue weighted by molar-refractivity contribution is 5.89. The first kappa shape index (κ1) is 17.6. The summed E-state index contributed by atoms with van der Waals surface area (Å²) in [4.78, 5) is 16.2. The summed E-state index contributed by atoms with van der Waals surface area (Å²) in [6.45, 7) is 1.78. The van der Waals surface area contributed by atoms with Crippen molar-refractivity contribution in [1.29, 1.82) is 0 Å². The summed E-state index contributed by atoms with van der Waals surface area (Å²) in [5.74, 6) is -0.288. The average Bonchev–Trinajstić information content (AvgIpc) is 3.37. The summed E-state index contributed by atoms with van der Waals surface area (Å²) in [7, 11) is 0. The van der Waals surface area contributed by atoms with Crippen molar-refractivity contribution in [2.24, 2.45) is 0 Å². The maximum Gasteiger partial charge on any atom is 0.338 e. The van der Waals surface area contributed by atoms with Gasteiger partial charge in [-0.05, 0) is 55.5 Å². The topological polar surface area (TPSA) is 83.0 Å². The third kappa shape index (κ3) is 3.52. The molecule has 28 heavy (non-hydrogen) atoms. The quantitative estimate of drug-likeness (QED) is 0.492. The summed E-state index contributed by atoms with van der Waals surface area (Å²) in [5.41, 5.74) is 3.13. The predicted molar refractivity (Wildman–Crippen MR) is 97.1 cm³/mol. The van der Waals surface area contributed by atoms with Crippen molar-refractivity contribution in [2.45, 2.75) is 13.5 Å². The Kier molecular flexibility index (Phi) is 4.67. The van der Waals surface area contributed by atoms with Crippen molar-refractivity contribution in [3.63, 3.8) is 0 Å². The van der Waals surface area contributed by atoms with E-state index in [2.05, 4.69) is 15.2 Å². The zero-order chi connectivity index (χ0) is 19.5. The SMILES string of the molecule is Cc1c(COC(=O)c2ccc(-n3cncn3)cc2)noc1-c1ccc(F)cc1. The molecule has 0 amide bonds. The Hall–Kier alpha value is -3.81. The first-order chi connectivity index (χ1) is 13.6. The van der Waals surface area contributed by atoms with Crippen LogP contribution in [0.1, 0.15) is 21.6 Å². The van der Waals surface area contributed by atoms with E-state index in [9.17, 15) is 9.18 Å². The highest BCUT2D eigenvalue weighted by Crippen LogP contribution is 2.26. The molecule has 0 aliphatic rings. The van der Waals surface area contributed by atoms with Gasteiger partial charge in [-0.15, -0.1) is 0 Å². The molecule has 7 nitrogen and oxygen atoms in total. The van der Waals surface area contributed by atoms with Crippen molar-refractivity contribution >= 4 is 5.97 Å². The molecule has 0 aliphatic carbocycles. The zero-order valence-corrected chi connectivity index (χ0v) is 14.9. The van der Waals surface area contributed by atoms with Crippen molar-refractivity contribution in [3.05, 3.63) is 83.8 Å². The number of hydrogen-bond acceptors (Lipinski definition) is 6. The Bertz CT molecular complexity index is 1090. The second kappa shape index (κ2) is 7.43. The van der Waals surface area contributed by atoms with E-state index >= 15 is 0 Å². The van der Waals surface area contributed by atoms with Crippen molar-refractivity contribution < 1.29 is 18.4 Å². The van der Waals surface area contributed by atoms with Gasteiger partial charge in [-0.25, -0.2) is 18.9 Å². The number of carbonyl (C=O) groups excluding carboxylic acids is 1. The second-order valence-electron chi connectivity index (χ2n) is 6.05.